The minimum absolute atomic E-state index is 0.0816. The van der Waals surface area contributed by atoms with Crippen LogP contribution in [0.4, 0.5) is 13.2 Å². The Labute approximate surface area is 183 Å². The van der Waals surface area contributed by atoms with Crippen LogP contribution < -0.4 is 0 Å². The van der Waals surface area contributed by atoms with Crippen molar-refractivity contribution < 1.29 is 26.4 Å². The van der Waals surface area contributed by atoms with E-state index >= 15 is 0 Å². The van der Waals surface area contributed by atoms with Gasteiger partial charge < -0.3 is 9.47 Å². The molecule has 168 valence electrons. The number of carbonyl (C=O) groups is 1. The summed E-state index contributed by atoms with van der Waals surface area (Å²) in [5.41, 5.74) is 0.159. The second kappa shape index (κ2) is 8.44. The summed E-state index contributed by atoms with van der Waals surface area (Å²) >= 11 is 0. The number of hydrogen-bond donors (Lipinski definition) is 0. The van der Waals surface area contributed by atoms with E-state index in [-0.39, 0.29) is 32.1 Å². The lowest BCUT2D eigenvalue weighted by Gasteiger charge is -2.34. The molecule has 10 heteroatoms. The van der Waals surface area contributed by atoms with E-state index < -0.39 is 26.7 Å². The fraction of sp³-hybridized carbons (Fsp3) is 0.227. The number of halogens is 3. The Kier molecular flexibility index (Phi) is 5.83. The standard InChI is InChI=1S/C22H20F3N3O3S/c23-22(24,25)19-5-1-2-6-20(19)32(30,31)28-15-13-27(14-16-28)21(29)17-7-9-18(10-8-17)26-11-3-4-12-26/h1-12H,13-16H2. The van der Waals surface area contributed by atoms with Crippen LogP contribution in [0.5, 0.6) is 0 Å². The molecule has 0 aliphatic carbocycles. The maximum Gasteiger partial charge on any atom is 0.417 e. The van der Waals surface area contributed by atoms with Crippen LogP contribution in [0.15, 0.2) is 78.0 Å². The SMILES string of the molecule is O=C(c1ccc(-n2cccc2)cc1)N1CCN(S(=O)(=O)c2ccccc2C(F)(F)F)CC1. The molecule has 0 atom stereocenters. The van der Waals surface area contributed by atoms with Crippen LogP contribution in [0.25, 0.3) is 5.69 Å². The highest BCUT2D eigenvalue weighted by atomic mass is 32.2. The molecule has 32 heavy (non-hydrogen) atoms. The van der Waals surface area contributed by atoms with Crippen LogP contribution in [0.2, 0.25) is 0 Å². The summed E-state index contributed by atoms with van der Waals surface area (Å²) in [6, 6.07) is 14.9. The van der Waals surface area contributed by atoms with Crippen molar-refractivity contribution in [3.8, 4) is 5.69 Å². The molecule has 0 N–H and O–H groups in total. The van der Waals surface area contributed by atoms with E-state index in [9.17, 15) is 26.4 Å². The molecular formula is C22H20F3N3O3S. The van der Waals surface area contributed by atoms with Gasteiger partial charge in [-0.25, -0.2) is 8.42 Å². The summed E-state index contributed by atoms with van der Waals surface area (Å²) in [7, 11) is -4.35. The van der Waals surface area contributed by atoms with E-state index in [1.165, 1.54) is 11.0 Å². The zero-order valence-corrected chi connectivity index (χ0v) is 17.7. The third-order valence-electron chi connectivity index (χ3n) is 5.35. The van der Waals surface area contributed by atoms with Gasteiger partial charge in [0, 0.05) is 49.8 Å². The monoisotopic (exact) mass is 463 g/mol. The molecular weight excluding hydrogens is 443 g/mol. The lowest BCUT2D eigenvalue weighted by molar-refractivity contribution is -0.139. The van der Waals surface area contributed by atoms with Gasteiger partial charge in [0.1, 0.15) is 0 Å². The van der Waals surface area contributed by atoms with Crippen molar-refractivity contribution in [1.82, 2.24) is 13.8 Å². The van der Waals surface area contributed by atoms with Gasteiger partial charge in [0.15, 0.2) is 0 Å². The summed E-state index contributed by atoms with van der Waals surface area (Å²) in [6.45, 7) is 0.0145. The Bertz CT molecular complexity index is 1200. The fourth-order valence-corrected chi connectivity index (χ4v) is 5.30. The van der Waals surface area contributed by atoms with Gasteiger partial charge >= 0.3 is 6.18 Å². The normalized spacial score (nSPS) is 15.7. The Morgan fingerprint density at radius 3 is 2.00 bits per heavy atom. The van der Waals surface area contributed by atoms with E-state index in [2.05, 4.69) is 0 Å². The average molecular weight is 463 g/mol. The van der Waals surface area contributed by atoms with Crippen molar-refractivity contribution in [2.75, 3.05) is 26.2 Å². The van der Waals surface area contributed by atoms with Gasteiger partial charge in [0.25, 0.3) is 5.91 Å². The predicted octanol–water partition coefficient (Wildman–Crippen LogP) is 3.64. The van der Waals surface area contributed by atoms with Crippen LogP contribution in [0.1, 0.15) is 15.9 Å². The van der Waals surface area contributed by atoms with Gasteiger partial charge in [-0.3, -0.25) is 4.79 Å². The molecule has 0 saturated carbocycles. The Balaban J connectivity index is 1.46. The molecule has 1 aliphatic heterocycles. The predicted molar refractivity (Wildman–Crippen MR) is 112 cm³/mol. The highest BCUT2D eigenvalue weighted by molar-refractivity contribution is 7.89. The third-order valence-corrected chi connectivity index (χ3v) is 7.31. The van der Waals surface area contributed by atoms with Crippen molar-refractivity contribution in [3.05, 3.63) is 84.2 Å². The molecule has 2 heterocycles. The first-order chi connectivity index (χ1) is 15.2. The van der Waals surface area contributed by atoms with Gasteiger partial charge in [-0.2, -0.15) is 17.5 Å². The van der Waals surface area contributed by atoms with E-state index in [0.717, 1.165) is 28.2 Å². The van der Waals surface area contributed by atoms with Crippen LogP contribution in [0, 0.1) is 0 Å². The van der Waals surface area contributed by atoms with Crippen molar-refractivity contribution in [2.24, 2.45) is 0 Å². The first-order valence-corrected chi connectivity index (χ1v) is 11.3. The lowest BCUT2D eigenvalue weighted by atomic mass is 10.1. The van der Waals surface area contributed by atoms with E-state index in [4.69, 9.17) is 0 Å². The molecule has 4 rings (SSSR count). The molecule has 1 fully saturated rings. The largest absolute Gasteiger partial charge is 0.417 e. The number of amides is 1. The van der Waals surface area contributed by atoms with Crippen LogP contribution in [-0.4, -0.2) is 54.3 Å². The molecule has 2 aromatic carbocycles. The number of sulfonamides is 1. The van der Waals surface area contributed by atoms with E-state index in [0.29, 0.717) is 5.56 Å². The molecule has 0 spiro atoms. The summed E-state index contributed by atoms with van der Waals surface area (Å²) in [5.74, 6) is -0.253. The lowest BCUT2D eigenvalue weighted by Crippen LogP contribution is -2.50. The number of hydrogen-bond acceptors (Lipinski definition) is 3. The van der Waals surface area contributed by atoms with Crippen LogP contribution in [-0.2, 0) is 16.2 Å². The van der Waals surface area contributed by atoms with Gasteiger partial charge in [-0.15, -0.1) is 0 Å². The van der Waals surface area contributed by atoms with Crippen LogP contribution in [0.3, 0.4) is 0 Å². The quantitative estimate of drug-likeness (QED) is 0.594. The van der Waals surface area contributed by atoms with Crippen molar-refractivity contribution in [2.45, 2.75) is 11.1 Å². The fourth-order valence-electron chi connectivity index (χ4n) is 3.66. The number of alkyl halides is 3. The average Bonchev–Trinajstić information content (AvgIpc) is 3.33. The van der Waals surface area contributed by atoms with Gasteiger partial charge in [0.05, 0.1) is 10.5 Å². The highest BCUT2D eigenvalue weighted by Crippen LogP contribution is 2.35. The summed E-state index contributed by atoms with van der Waals surface area (Å²) in [4.78, 5) is 13.5. The molecule has 6 nitrogen and oxygen atoms in total. The third kappa shape index (κ3) is 4.28. The number of carbonyl (C=O) groups excluding carboxylic acids is 1. The summed E-state index contributed by atoms with van der Waals surface area (Å²) in [6.07, 6.45) is -1.02. The van der Waals surface area contributed by atoms with E-state index in [1.54, 1.807) is 12.1 Å². The minimum atomic E-state index is -4.78. The molecule has 1 saturated heterocycles. The molecule has 0 radical (unpaired) electrons. The zero-order valence-electron chi connectivity index (χ0n) is 16.9. The number of aromatic nitrogens is 1. The Morgan fingerprint density at radius 2 is 1.41 bits per heavy atom. The van der Waals surface area contributed by atoms with Crippen LogP contribution >= 0.6 is 0 Å². The zero-order chi connectivity index (χ0) is 22.9. The summed E-state index contributed by atoms with van der Waals surface area (Å²) < 4.78 is 68.5. The molecule has 0 unspecified atom stereocenters. The molecule has 1 amide bonds. The second-order valence-electron chi connectivity index (χ2n) is 7.33. The highest BCUT2D eigenvalue weighted by Gasteiger charge is 2.39. The van der Waals surface area contributed by atoms with E-state index in [1.807, 2.05) is 41.2 Å². The van der Waals surface area contributed by atoms with Gasteiger partial charge in [-0.05, 0) is 48.5 Å². The topological polar surface area (TPSA) is 62.6 Å². The number of piperazine rings is 1. The van der Waals surface area contributed by atoms with Gasteiger partial charge in [0.2, 0.25) is 10.0 Å². The summed E-state index contributed by atoms with van der Waals surface area (Å²) in [5, 5.41) is 0. The number of rotatable bonds is 4. The molecule has 0 bridgehead atoms. The first kappa shape index (κ1) is 22.1. The molecule has 3 aromatic rings. The Morgan fingerprint density at radius 1 is 0.812 bits per heavy atom. The molecule has 1 aromatic heterocycles. The van der Waals surface area contributed by atoms with Crippen molar-refractivity contribution in [1.29, 1.82) is 0 Å². The second-order valence-corrected chi connectivity index (χ2v) is 9.23. The first-order valence-electron chi connectivity index (χ1n) is 9.87. The maximum atomic E-state index is 13.3. The van der Waals surface area contributed by atoms with Gasteiger partial charge in [-0.1, -0.05) is 12.1 Å². The van der Waals surface area contributed by atoms with Crippen molar-refractivity contribution >= 4 is 15.9 Å². The Hall–Kier alpha value is -3.11. The number of benzene rings is 2. The molecule has 1 aliphatic rings. The smallest absolute Gasteiger partial charge is 0.336 e. The number of nitrogens with zero attached hydrogens (tertiary/aromatic N) is 3. The minimum Gasteiger partial charge on any atom is -0.336 e. The van der Waals surface area contributed by atoms with Crippen molar-refractivity contribution in [3.63, 3.8) is 0 Å². The maximum absolute atomic E-state index is 13.3.